The maximum atomic E-state index is 12.6. The summed E-state index contributed by atoms with van der Waals surface area (Å²) in [6.07, 6.45) is -0.512. The molecule has 0 bridgehead atoms. The monoisotopic (exact) mass is 354 g/mol. The van der Waals surface area contributed by atoms with E-state index in [2.05, 4.69) is 5.32 Å². The van der Waals surface area contributed by atoms with E-state index in [1.54, 1.807) is 7.05 Å². The lowest BCUT2D eigenvalue weighted by Gasteiger charge is -2.29. The van der Waals surface area contributed by atoms with Crippen LogP contribution < -0.4 is 5.32 Å². The molecule has 0 saturated heterocycles. The first-order valence-corrected chi connectivity index (χ1v) is 8.74. The van der Waals surface area contributed by atoms with Crippen LogP contribution in [0.4, 0.5) is 4.79 Å². The predicted molar refractivity (Wildman–Crippen MR) is 101 cm³/mol. The van der Waals surface area contributed by atoms with Crippen molar-refractivity contribution < 1.29 is 14.3 Å². The van der Waals surface area contributed by atoms with Crippen LogP contribution in [0.1, 0.15) is 25.0 Å². The lowest BCUT2D eigenvalue weighted by atomic mass is 10.0. The van der Waals surface area contributed by atoms with Crippen LogP contribution >= 0.6 is 0 Å². The molecule has 0 saturated carbocycles. The van der Waals surface area contributed by atoms with E-state index in [0.717, 1.165) is 11.1 Å². The van der Waals surface area contributed by atoms with E-state index < -0.39 is 12.1 Å². The fraction of sp³-hybridized carbons (Fsp3) is 0.333. The number of amides is 2. The first-order valence-electron chi connectivity index (χ1n) is 8.74. The largest absolute Gasteiger partial charge is 0.445 e. The lowest BCUT2D eigenvalue weighted by molar-refractivity contribution is -0.127. The number of likely N-dealkylation sites (N-methyl/N-ethyl adjacent to an activating group) is 1. The van der Waals surface area contributed by atoms with Crippen LogP contribution in [0.2, 0.25) is 0 Å². The molecule has 0 aliphatic rings. The normalized spacial score (nSPS) is 11.7. The fourth-order valence-corrected chi connectivity index (χ4v) is 2.75. The summed E-state index contributed by atoms with van der Waals surface area (Å²) >= 11 is 0. The van der Waals surface area contributed by atoms with Gasteiger partial charge in [-0.2, -0.15) is 0 Å². The molecule has 1 atom stereocenters. The standard InChI is InChI=1S/C21H26N2O3/c1-16(2)19(20(24)22-14-17-10-6-4-7-11-17)23(3)21(25)26-15-18-12-8-5-9-13-18/h4-13,16,19H,14-15H2,1-3H3,(H,22,24)/t19-/m0/s1. The Bertz CT molecular complexity index is 702. The number of nitrogens with zero attached hydrogens (tertiary/aromatic N) is 1. The zero-order valence-electron chi connectivity index (χ0n) is 15.5. The zero-order valence-corrected chi connectivity index (χ0v) is 15.5. The highest BCUT2D eigenvalue weighted by molar-refractivity contribution is 5.85. The molecule has 26 heavy (non-hydrogen) atoms. The topological polar surface area (TPSA) is 58.6 Å². The molecule has 0 spiro atoms. The molecule has 2 rings (SSSR count). The Morgan fingerprint density at radius 1 is 0.962 bits per heavy atom. The Kier molecular flexibility index (Phi) is 7.21. The summed E-state index contributed by atoms with van der Waals surface area (Å²) in [5, 5.41) is 2.90. The van der Waals surface area contributed by atoms with Gasteiger partial charge >= 0.3 is 6.09 Å². The van der Waals surface area contributed by atoms with Gasteiger partial charge in [-0.25, -0.2) is 4.79 Å². The summed E-state index contributed by atoms with van der Waals surface area (Å²) in [5.74, 6) is -0.233. The summed E-state index contributed by atoms with van der Waals surface area (Å²) in [7, 11) is 1.60. The maximum absolute atomic E-state index is 12.6. The van der Waals surface area contributed by atoms with Crippen molar-refractivity contribution >= 4 is 12.0 Å². The highest BCUT2D eigenvalue weighted by Crippen LogP contribution is 2.12. The molecule has 0 radical (unpaired) electrons. The van der Waals surface area contributed by atoms with Gasteiger partial charge in [-0.3, -0.25) is 9.69 Å². The molecule has 0 aromatic heterocycles. The van der Waals surface area contributed by atoms with Crippen molar-refractivity contribution in [2.45, 2.75) is 33.0 Å². The van der Waals surface area contributed by atoms with Crippen LogP contribution in [0.5, 0.6) is 0 Å². The third-order valence-electron chi connectivity index (χ3n) is 4.12. The lowest BCUT2D eigenvalue weighted by Crippen LogP contribution is -2.50. The van der Waals surface area contributed by atoms with Gasteiger partial charge in [0, 0.05) is 13.6 Å². The summed E-state index contributed by atoms with van der Waals surface area (Å²) < 4.78 is 5.34. The number of nitrogens with one attached hydrogen (secondary N) is 1. The highest BCUT2D eigenvalue weighted by atomic mass is 16.6. The van der Waals surface area contributed by atoms with Gasteiger partial charge in [0.05, 0.1) is 0 Å². The van der Waals surface area contributed by atoms with Crippen LogP contribution in [0, 0.1) is 5.92 Å². The van der Waals surface area contributed by atoms with E-state index >= 15 is 0 Å². The smallest absolute Gasteiger partial charge is 0.410 e. The van der Waals surface area contributed by atoms with Crippen LogP contribution in [-0.4, -0.2) is 30.0 Å². The number of carbonyl (C=O) groups is 2. The number of hydrogen-bond acceptors (Lipinski definition) is 3. The highest BCUT2D eigenvalue weighted by Gasteiger charge is 2.30. The second-order valence-electron chi connectivity index (χ2n) is 6.54. The second-order valence-corrected chi connectivity index (χ2v) is 6.54. The maximum Gasteiger partial charge on any atom is 0.410 e. The fourth-order valence-electron chi connectivity index (χ4n) is 2.75. The molecule has 2 aromatic rings. The quantitative estimate of drug-likeness (QED) is 0.826. The number of carbonyl (C=O) groups excluding carboxylic acids is 2. The van der Waals surface area contributed by atoms with Gasteiger partial charge < -0.3 is 10.1 Å². The van der Waals surface area contributed by atoms with Gasteiger partial charge in [0.25, 0.3) is 0 Å². The minimum atomic E-state index is -0.595. The van der Waals surface area contributed by atoms with Gasteiger partial charge in [-0.1, -0.05) is 74.5 Å². The average molecular weight is 354 g/mol. The van der Waals surface area contributed by atoms with Crippen molar-refractivity contribution in [3.63, 3.8) is 0 Å². The number of hydrogen-bond donors (Lipinski definition) is 1. The number of benzene rings is 2. The van der Waals surface area contributed by atoms with Crippen LogP contribution in [-0.2, 0) is 22.7 Å². The molecular formula is C21H26N2O3. The van der Waals surface area contributed by atoms with Crippen molar-refractivity contribution in [1.82, 2.24) is 10.2 Å². The summed E-state index contributed by atoms with van der Waals surface area (Å²) in [6, 6.07) is 18.5. The van der Waals surface area contributed by atoms with Crippen LogP contribution in [0.3, 0.4) is 0 Å². The van der Waals surface area contributed by atoms with E-state index in [1.165, 1.54) is 4.90 Å². The molecule has 1 N–H and O–H groups in total. The Labute approximate surface area is 155 Å². The van der Waals surface area contributed by atoms with Gasteiger partial charge in [-0.15, -0.1) is 0 Å². The molecule has 5 nitrogen and oxygen atoms in total. The summed E-state index contributed by atoms with van der Waals surface area (Å²) in [6.45, 7) is 4.43. The summed E-state index contributed by atoms with van der Waals surface area (Å²) in [4.78, 5) is 26.4. The number of ether oxygens (including phenoxy) is 1. The Morgan fingerprint density at radius 2 is 1.50 bits per heavy atom. The zero-order chi connectivity index (χ0) is 18.9. The van der Waals surface area contributed by atoms with E-state index in [1.807, 2.05) is 74.5 Å². The van der Waals surface area contributed by atoms with Gasteiger partial charge in [0.2, 0.25) is 5.91 Å². The number of rotatable bonds is 7. The van der Waals surface area contributed by atoms with Gasteiger partial charge in [0.15, 0.2) is 0 Å². The van der Waals surface area contributed by atoms with Gasteiger partial charge in [0.1, 0.15) is 12.6 Å². The van der Waals surface area contributed by atoms with Crippen LogP contribution in [0.25, 0.3) is 0 Å². The Balaban J connectivity index is 1.93. The second kappa shape index (κ2) is 9.61. The Hall–Kier alpha value is -2.82. The minimum Gasteiger partial charge on any atom is -0.445 e. The third-order valence-corrected chi connectivity index (χ3v) is 4.12. The van der Waals surface area contributed by atoms with Crippen molar-refractivity contribution in [2.75, 3.05) is 7.05 Å². The van der Waals surface area contributed by atoms with Crippen molar-refractivity contribution in [1.29, 1.82) is 0 Å². The molecule has 2 aromatic carbocycles. The minimum absolute atomic E-state index is 0.0416. The Morgan fingerprint density at radius 3 is 2.04 bits per heavy atom. The molecule has 0 fully saturated rings. The third kappa shape index (κ3) is 5.62. The molecule has 0 heterocycles. The molecule has 138 valence electrons. The van der Waals surface area contributed by atoms with Crippen molar-refractivity contribution in [3.05, 3.63) is 71.8 Å². The molecule has 0 aliphatic carbocycles. The van der Waals surface area contributed by atoms with Gasteiger partial charge in [-0.05, 0) is 17.0 Å². The van der Waals surface area contributed by atoms with E-state index in [4.69, 9.17) is 4.74 Å². The molecule has 2 amide bonds. The molecule has 0 aliphatic heterocycles. The van der Waals surface area contributed by atoms with E-state index in [-0.39, 0.29) is 18.4 Å². The predicted octanol–water partition coefficient (Wildman–Crippen LogP) is 3.60. The molecule has 0 unspecified atom stereocenters. The molecule has 5 heteroatoms. The van der Waals surface area contributed by atoms with Crippen molar-refractivity contribution in [2.24, 2.45) is 5.92 Å². The first-order chi connectivity index (χ1) is 12.5. The molecular weight excluding hydrogens is 328 g/mol. The van der Waals surface area contributed by atoms with Crippen molar-refractivity contribution in [3.8, 4) is 0 Å². The average Bonchev–Trinajstić information content (AvgIpc) is 2.66. The van der Waals surface area contributed by atoms with E-state index in [0.29, 0.717) is 6.54 Å². The van der Waals surface area contributed by atoms with E-state index in [9.17, 15) is 9.59 Å². The first kappa shape index (κ1) is 19.5. The SMILES string of the molecule is CC(C)[C@@H](C(=O)NCc1ccccc1)N(C)C(=O)OCc1ccccc1. The summed E-state index contributed by atoms with van der Waals surface area (Å²) in [5.41, 5.74) is 1.92. The van der Waals surface area contributed by atoms with Crippen LogP contribution in [0.15, 0.2) is 60.7 Å².